The molecule has 1 aromatic heterocycles. The number of rotatable bonds is 4. The lowest BCUT2D eigenvalue weighted by Gasteiger charge is -2.06. The predicted octanol–water partition coefficient (Wildman–Crippen LogP) is 0.656. The average Bonchev–Trinajstić information content (AvgIpc) is 2.36. The van der Waals surface area contributed by atoms with E-state index in [4.69, 9.17) is 5.11 Å². The summed E-state index contributed by atoms with van der Waals surface area (Å²) in [5, 5.41) is 18.6. The van der Waals surface area contributed by atoms with Gasteiger partial charge in [-0.15, -0.1) is 0 Å². The van der Waals surface area contributed by atoms with E-state index in [2.05, 4.69) is 29.4 Å². The van der Waals surface area contributed by atoms with Crippen molar-refractivity contribution in [2.45, 2.75) is 26.3 Å². The van der Waals surface area contributed by atoms with Crippen molar-refractivity contribution in [1.29, 1.82) is 0 Å². The maximum atomic E-state index is 9.17. The first-order valence-corrected chi connectivity index (χ1v) is 4.14. The minimum Gasteiger partial charge on any atom is -0.493 e. The molecule has 68 valence electrons. The van der Waals surface area contributed by atoms with Gasteiger partial charge in [0.25, 0.3) is 0 Å². The Morgan fingerprint density at radius 2 is 2.42 bits per heavy atom. The van der Waals surface area contributed by atoms with Gasteiger partial charge in [-0.05, 0) is 13.0 Å². The summed E-state index contributed by atoms with van der Waals surface area (Å²) >= 11 is 0. The smallest absolute Gasteiger partial charge is 0.209 e. The van der Waals surface area contributed by atoms with Gasteiger partial charge in [0.15, 0.2) is 0 Å². The van der Waals surface area contributed by atoms with Gasteiger partial charge in [0.1, 0.15) is 0 Å². The van der Waals surface area contributed by atoms with Gasteiger partial charge in [-0.25, -0.2) is 5.10 Å². The van der Waals surface area contributed by atoms with Crippen LogP contribution in [0.1, 0.15) is 19.4 Å². The van der Waals surface area contributed by atoms with Gasteiger partial charge in [0.05, 0.1) is 6.20 Å². The number of hydrogen-bond acceptors (Lipinski definition) is 3. The first kappa shape index (κ1) is 9.06. The van der Waals surface area contributed by atoms with Crippen LogP contribution in [-0.2, 0) is 6.42 Å². The molecule has 0 aromatic carbocycles. The van der Waals surface area contributed by atoms with Crippen molar-refractivity contribution >= 4 is 0 Å². The van der Waals surface area contributed by atoms with Crippen LogP contribution in [0, 0.1) is 0 Å². The Balaban J connectivity index is 2.29. The van der Waals surface area contributed by atoms with Crippen LogP contribution >= 0.6 is 0 Å². The van der Waals surface area contributed by atoms with E-state index in [0.29, 0.717) is 6.04 Å². The zero-order valence-electron chi connectivity index (χ0n) is 7.46. The highest BCUT2D eigenvalue weighted by molar-refractivity contribution is 5.20. The molecule has 0 radical (unpaired) electrons. The van der Waals surface area contributed by atoms with E-state index in [-0.39, 0.29) is 5.88 Å². The molecular formula is C8H15N3O. The Bertz CT molecular complexity index is 232. The van der Waals surface area contributed by atoms with Crippen molar-refractivity contribution in [1.82, 2.24) is 15.5 Å². The lowest BCUT2D eigenvalue weighted by atomic mass is 10.2. The summed E-state index contributed by atoms with van der Waals surface area (Å²) in [6, 6.07) is 0.485. The van der Waals surface area contributed by atoms with Crippen molar-refractivity contribution in [2.75, 3.05) is 6.54 Å². The Labute approximate surface area is 72.0 Å². The monoisotopic (exact) mass is 169 g/mol. The Hall–Kier alpha value is -1.03. The summed E-state index contributed by atoms with van der Waals surface area (Å²) < 4.78 is 0. The molecule has 0 bridgehead atoms. The molecule has 0 fully saturated rings. The molecule has 12 heavy (non-hydrogen) atoms. The van der Waals surface area contributed by atoms with Crippen molar-refractivity contribution in [3.05, 3.63) is 11.8 Å². The molecule has 0 amide bonds. The molecule has 1 heterocycles. The van der Waals surface area contributed by atoms with Gasteiger partial charge < -0.3 is 10.4 Å². The van der Waals surface area contributed by atoms with Crippen LogP contribution in [0.2, 0.25) is 0 Å². The zero-order chi connectivity index (χ0) is 8.97. The number of H-pyrrole nitrogens is 1. The third-order valence-electron chi connectivity index (χ3n) is 1.64. The summed E-state index contributed by atoms with van der Waals surface area (Å²) in [5.41, 5.74) is 0.864. The van der Waals surface area contributed by atoms with E-state index >= 15 is 0 Å². The molecule has 1 aromatic rings. The number of aromatic amines is 1. The van der Waals surface area contributed by atoms with Gasteiger partial charge in [-0.2, -0.15) is 5.10 Å². The van der Waals surface area contributed by atoms with Gasteiger partial charge in [-0.3, -0.25) is 0 Å². The summed E-state index contributed by atoms with van der Waals surface area (Å²) in [4.78, 5) is 0. The molecule has 0 aliphatic rings. The normalized spacial score (nSPS) is 10.9. The van der Waals surface area contributed by atoms with E-state index in [1.807, 2.05) is 0 Å². The van der Waals surface area contributed by atoms with Crippen LogP contribution in [0.3, 0.4) is 0 Å². The molecule has 0 saturated heterocycles. The van der Waals surface area contributed by atoms with Crippen LogP contribution < -0.4 is 5.32 Å². The predicted molar refractivity (Wildman–Crippen MR) is 47.1 cm³/mol. The quantitative estimate of drug-likeness (QED) is 0.620. The number of nitrogens with zero attached hydrogens (tertiary/aromatic N) is 1. The third kappa shape index (κ3) is 2.54. The summed E-state index contributed by atoms with van der Waals surface area (Å²) in [7, 11) is 0. The van der Waals surface area contributed by atoms with E-state index in [1.165, 1.54) is 0 Å². The highest BCUT2D eigenvalue weighted by atomic mass is 16.3. The van der Waals surface area contributed by atoms with E-state index in [9.17, 15) is 0 Å². The average molecular weight is 169 g/mol. The number of aromatic hydroxyl groups is 1. The number of nitrogens with one attached hydrogen (secondary N) is 2. The standard InChI is InChI=1S/C8H15N3O/c1-6(2)9-4-3-7-5-10-11-8(7)12/h5-6,9H,3-4H2,1-2H3,(H2,10,11,12). The molecule has 0 aliphatic carbocycles. The fourth-order valence-electron chi connectivity index (χ4n) is 0.983. The molecule has 0 unspecified atom stereocenters. The minimum atomic E-state index is 0.181. The Kier molecular flexibility index (Phi) is 3.10. The SMILES string of the molecule is CC(C)NCCc1cn[nH]c1O. The van der Waals surface area contributed by atoms with Gasteiger partial charge in [-0.1, -0.05) is 13.8 Å². The second-order valence-electron chi connectivity index (χ2n) is 3.10. The number of aromatic nitrogens is 2. The molecule has 0 atom stereocenters. The molecule has 4 nitrogen and oxygen atoms in total. The van der Waals surface area contributed by atoms with Crippen LogP contribution in [0.25, 0.3) is 0 Å². The van der Waals surface area contributed by atoms with Crippen LogP contribution in [-0.4, -0.2) is 27.9 Å². The van der Waals surface area contributed by atoms with Crippen molar-refractivity contribution in [2.24, 2.45) is 0 Å². The van der Waals surface area contributed by atoms with Crippen molar-refractivity contribution in [3.8, 4) is 5.88 Å². The highest BCUT2D eigenvalue weighted by Gasteiger charge is 2.01. The lowest BCUT2D eigenvalue weighted by Crippen LogP contribution is -2.24. The third-order valence-corrected chi connectivity index (χ3v) is 1.64. The lowest BCUT2D eigenvalue weighted by molar-refractivity contribution is 0.444. The molecule has 1 rings (SSSR count). The van der Waals surface area contributed by atoms with Gasteiger partial charge in [0, 0.05) is 11.6 Å². The van der Waals surface area contributed by atoms with Crippen molar-refractivity contribution < 1.29 is 5.11 Å². The first-order chi connectivity index (χ1) is 5.70. The van der Waals surface area contributed by atoms with E-state index in [1.54, 1.807) is 6.20 Å². The fourth-order valence-corrected chi connectivity index (χ4v) is 0.983. The molecule has 0 aliphatic heterocycles. The van der Waals surface area contributed by atoms with E-state index in [0.717, 1.165) is 18.5 Å². The Morgan fingerprint density at radius 1 is 1.67 bits per heavy atom. The summed E-state index contributed by atoms with van der Waals surface area (Å²) in [6.07, 6.45) is 2.46. The molecular weight excluding hydrogens is 154 g/mol. The molecule has 0 saturated carbocycles. The molecule has 3 N–H and O–H groups in total. The van der Waals surface area contributed by atoms with Gasteiger partial charge >= 0.3 is 0 Å². The van der Waals surface area contributed by atoms with E-state index < -0.39 is 0 Å². The zero-order valence-corrected chi connectivity index (χ0v) is 7.46. The first-order valence-electron chi connectivity index (χ1n) is 4.14. The molecule has 0 spiro atoms. The Morgan fingerprint density at radius 3 is 2.92 bits per heavy atom. The van der Waals surface area contributed by atoms with Gasteiger partial charge in [0.2, 0.25) is 5.88 Å². The highest BCUT2D eigenvalue weighted by Crippen LogP contribution is 2.10. The largest absolute Gasteiger partial charge is 0.493 e. The minimum absolute atomic E-state index is 0.181. The summed E-state index contributed by atoms with van der Waals surface area (Å²) in [5.74, 6) is 0.181. The fraction of sp³-hybridized carbons (Fsp3) is 0.625. The second-order valence-corrected chi connectivity index (χ2v) is 3.10. The van der Waals surface area contributed by atoms with Crippen LogP contribution in [0.5, 0.6) is 5.88 Å². The number of hydrogen-bond donors (Lipinski definition) is 3. The maximum Gasteiger partial charge on any atom is 0.209 e. The summed E-state index contributed by atoms with van der Waals surface area (Å²) in [6.45, 7) is 5.05. The topological polar surface area (TPSA) is 60.9 Å². The van der Waals surface area contributed by atoms with Crippen LogP contribution in [0.4, 0.5) is 0 Å². The van der Waals surface area contributed by atoms with Crippen molar-refractivity contribution in [3.63, 3.8) is 0 Å². The molecule has 4 heteroatoms. The van der Waals surface area contributed by atoms with Crippen LogP contribution in [0.15, 0.2) is 6.20 Å². The maximum absolute atomic E-state index is 9.17. The second kappa shape index (κ2) is 4.11.